The second kappa shape index (κ2) is 8.33. The maximum atomic E-state index is 12.3. The van der Waals surface area contributed by atoms with Crippen LogP contribution in [0.15, 0.2) is 53.1 Å². The molecule has 4 rings (SSSR count). The number of fused-ring (bicyclic) bond motifs is 1. The Morgan fingerprint density at radius 1 is 1.15 bits per heavy atom. The Labute approximate surface area is 163 Å². The normalized spacial score (nSPS) is 15.6. The maximum Gasteiger partial charge on any atom is 0.227 e. The number of carbonyl (C=O) groups is 1. The van der Waals surface area contributed by atoms with E-state index in [1.807, 2.05) is 42.5 Å². The van der Waals surface area contributed by atoms with Crippen LogP contribution in [0, 0.1) is 5.92 Å². The van der Waals surface area contributed by atoms with Crippen molar-refractivity contribution in [2.75, 3.05) is 5.32 Å². The highest BCUT2D eigenvalue weighted by molar-refractivity contribution is 5.95. The molecule has 1 aliphatic heterocycles. The van der Waals surface area contributed by atoms with Gasteiger partial charge in [-0.2, -0.15) is 4.98 Å². The Balaban J connectivity index is 0.00000210. The van der Waals surface area contributed by atoms with Gasteiger partial charge in [-0.15, -0.1) is 12.4 Å². The highest BCUT2D eigenvalue weighted by Gasteiger charge is 2.26. The van der Waals surface area contributed by atoms with E-state index in [2.05, 4.69) is 21.5 Å². The summed E-state index contributed by atoms with van der Waals surface area (Å²) in [5, 5.41) is 7.02. The summed E-state index contributed by atoms with van der Waals surface area (Å²) in [6.45, 7) is 0.504. The van der Waals surface area contributed by atoms with Crippen LogP contribution < -0.4 is 11.1 Å². The van der Waals surface area contributed by atoms with Crippen molar-refractivity contribution in [2.45, 2.75) is 25.8 Å². The zero-order valence-electron chi connectivity index (χ0n) is 14.7. The van der Waals surface area contributed by atoms with Crippen molar-refractivity contribution in [1.82, 2.24) is 10.1 Å². The first-order valence-corrected chi connectivity index (χ1v) is 8.73. The number of hydrogen-bond donors (Lipinski definition) is 2. The summed E-state index contributed by atoms with van der Waals surface area (Å²) in [4.78, 5) is 16.7. The smallest absolute Gasteiger partial charge is 0.227 e. The number of halogens is 1. The predicted molar refractivity (Wildman–Crippen MR) is 105 cm³/mol. The lowest BCUT2D eigenvalue weighted by Gasteiger charge is -2.24. The van der Waals surface area contributed by atoms with E-state index in [0.717, 1.165) is 23.2 Å². The lowest BCUT2D eigenvalue weighted by Crippen LogP contribution is -2.30. The fraction of sp³-hybridized carbons (Fsp3) is 0.250. The molecule has 0 radical (unpaired) electrons. The molecule has 7 heteroatoms. The van der Waals surface area contributed by atoms with E-state index in [1.165, 1.54) is 5.56 Å². The number of amides is 1. The van der Waals surface area contributed by atoms with E-state index >= 15 is 0 Å². The van der Waals surface area contributed by atoms with Crippen LogP contribution in [0.4, 0.5) is 5.69 Å². The number of carbonyl (C=O) groups excluding carboxylic acids is 1. The number of benzene rings is 2. The molecule has 1 amide bonds. The zero-order chi connectivity index (χ0) is 17.9. The Morgan fingerprint density at radius 3 is 2.70 bits per heavy atom. The van der Waals surface area contributed by atoms with Crippen LogP contribution in [0.3, 0.4) is 0 Å². The van der Waals surface area contributed by atoms with Gasteiger partial charge >= 0.3 is 0 Å². The number of anilines is 1. The number of nitrogens with zero attached hydrogens (tertiary/aromatic N) is 2. The highest BCUT2D eigenvalue weighted by atomic mass is 35.5. The summed E-state index contributed by atoms with van der Waals surface area (Å²) >= 11 is 0. The fourth-order valence-electron chi connectivity index (χ4n) is 3.21. The average Bonchev–Trinajstić information content (AvgIpc) is 3.15. The first-order valence-electron chi connectivity index (χ1n) is 8.73. The SMILES string of the molecule is Cl.NCc1ccc(-c2noc(CCC3Cc4ccccc4NC3=O)n2)cc1. The van der Waals surface area contributed by atoms with Crippen molar-refractivity contribution in [3.63, 3.8) is 0 Å². The van der Waals surface area contributed by atoms with Gasteiger partial charge in [-0.05, 0) is 30.0 Å². The van der Waals surface area contributed by atoms with Crippen molar-refractivity contribution >= 4 is 24.0 Å². The molecular weight excluding hydrogens is 364 g/mol. The number of nitrogens with one attached hydrogen (secondary N) is 1. The minimum absolute atomic E-state index is 0. The molecule has 2 aromatic carbocycles. The minimum Gasteiger partial charge on any atom is -0.339 e. The van der Waals surface area contributed by atoms with Gasteiger partial charge in [-0.1, -0.05) is 47.6 Å². The molecule has 1 atom stereocenters. The molecule has 0 saturated heterocycles. The highest BCUT2D eigenvalue weighted by Crippen LogP contribution is 2.27. The summed E-state index contributed by atoms with van der Waals surface area (Å²) in [6, 6.07) is 15.7. The summed E-state index contributed by atoms with van der Waals surface area (Å²) in [5.74, 6) is 1.08. The maximum absolute atomic E-state index is 12.3. The van der Waals surface area contributed by atoms with Crippen molar-refractivity contribution < 1.29 is 9.32 Å². The van der Waals surface area contributed by atoms with E-state index in [-0.39, 0.29) is 24.2 Å². The van der Waals surface area contributed by atoms with Gasteiger partial charge in [0.1, 0.15) is 0 Å². The third-order valence-electron chi connectivity index (χ3n) is 4.73. The average molecular weight is 385 g/mol. The number of nitrogens with two attached hydrogens (primary N) is 1. The molecule has 1 aromatic heterocycles. The molecular formula is C20H21ClN4O2. The summed E-state index contributed by atoms with van der Waals surface area (Å²) in [7, 11) is 0. The van der Waals surface area contributed by atoms with Gasteiger partial charge < -0.3 is 15.6 Å². The van der Waals surface area contributed by atoms with Crippen LogP contribution >= 0.6 is 12.4 Å². The molecule has 6 nitrogen and oxygen atoms in total. The van der Waals surface area contributed by atoms with Gasteiger partial charge in [0.2, 0.25) is 17.6 Å². The van der Waals surface area contributed by atoms with Crippen LogP contribution in [-0.4, -0.2) is 16.0 Å². The van der Waals surface area contributed by atoms with Crippen LogP contribution in [0.2, 0.25) is 0 Å². The molecule has 0 spiro atoms. The van der Waals surface area contributed by atoms with E-state index in [9.17, 15) is 4.79 Å². The van der Waals surface area contributed by atoms with E-state index in [1.54, 1.807) is 0 Å². The first kappa shape index (κ1) is 19.1. The molecule has 2 heterocycles. The number of para-hydroxylation sites is 1. The molecule has 1 unspecified atom stereocenters. The minimum atomic E-state index is -0.0795. The Hall–Kier alpha value is -2.70. The van der Waals surface area contributed by atoms with Crippen LogP contribution in [0.5, 0.6) is 0 Å². The molecule has 3 aromatic rings. The summed E-state index contributed by atoms with van der Waals surface area (Å²) < 4.78 is 5.35. The molecule has 0 fully saturated rings. The van der Waals surface area contributed by atoms with E-state index < -0.39 is 0 Å². The predicted octanol–water partition coefficient (Wildman–Crippen LogP) is 3.36. The standard InChI is InChI=1S/C20H20N4O2.ClH/c21-12-13-5-7-14(8-6-13)19-23-18(26-24-19)10-9-16-11-15-3-1-2-4-17(15)22-20(16)25;/h1-8,16H,9-12,21H2,(H,22,25);1H. The summed E-state index contributed by atoms with van der Waals surface area (Å²) in [5.41, 5.74) is 9.64. The molecule has 0 saturated carbocycles. The lowest BCUT2D eigenvalue weighted by atomic mass is 9.90. The molecule has 140 valence electrons. The van der Waals surface area contributed by atoms with Gasteiger partial charge in [0.05, 0.1) is 0 Å². The van der Waals surface area contributed by atoms with Crippen LogP contribution in [0.25, 0.3) is 11.4 Å². The van der Waals surface area contributed by atoms with E-state index in [4.69, 9.17) is 10.3 Å². The van der Waals surface area contributed by atoms with Gasteiger partial charge in [0.15, 0.2) is 0 Å². The molecule has 0 aliphatic carbocycles. The van der Waals surface area contributed by atoms with E-state index in [0.29, 0.717) is 31.1 Å². The molecule has 0 bridgehead atoms. The topological polar surface area (TPSA) is 94.0 Å². The number of hydrogen-bond acceptors (Lipinski definition) is 5. The van der Waals surface area contributed by atoms with Gasteiger partial charge in [-0.25, -0.2) is 0 Å². The first-order chi connectivity index (χ1) is 12.7. The molecule has 1 aliphatic rings. The van der Waals surface area contributed by atoms with Crippen molar-refractivity contribution in [2.24, 2.45) is 11.7 Å². The van der Waals surface area contributed by atoms with Crippen molar-refractivity contribution in [1.29, 1.82) is 0 Å². The monoisotopic (exact) mass is 384 g/mol. The number of aryl methyl sites for hydroxylation is 1. The Kier molecular flexibility index (Phi) is 5.88. The Bertz CT molecular complexity index is 924. The second-order valence-corrected chi connectivity index (χ2v) is 6.50. The van der Waals surface area contributed by atoms with Gasteiger partial charge in [0.25, 0.3) is 0 Å². The third-order valence-corrected chi connectivity index (χ3v) is 4.73. The number of rotatable bonds is 5. The van der Waals surface area contributed by atoms with Crippen LogP contribution in [-0.2, 0) is 24.2 Å². The zero-order valence-corrected chi connectivity index (χ0v) is 15.5. The molecule has 27 heavy (non-hydrogen) atoms. The van der Waals surface area contributed by atoms with Crippen LogP contribution in [0.1, 0.15) is 23.4 Å². The number of aromatic nitrogens is 2. The quantitative estimate of drug-likeness (QED) is 0.703. The largest absolute Gasteiger partial charge is 0.339 e. The van der Waals surface area contributed by atoms with Crippen molar-refractivity contribution in [3.8, 4) is 11.4 Å². The molecule has 3 N–H and O–H groups in total. The summed E-state index contributed by atoms with van der Waals surface area (Å²) in [6.07, 6.45) is 1.99. The second-order valence-electron chi connectivity index (χ2n) is 6.50. The third kappa shape index (κ3) is 4.18. The van der Waals surface area contributed by atoms with Gasteiger partial charge in [0, 0.05) is 30.1 Å². The van der Waals surface area contributed by atoms with Crippen molar-refractivity contribution in [3.05, 3.63) is 65.5 Å². The Morgan fingerprint density at radius 2 is 1.93 bits per heavy atom. The van der Waals surface area contributed by atoms with Gasteiger partial charge in [-0.3, -0.25) is 4.79 Å². The lowest BCUT2D eigenvalue weighted by molar-refractivity contribution is -0.120. The fourth-order valence-corrected chi connectivity index (χ4v) is 3.21.